The van der Waals surface area contributed by atoms with E-state index in [1.165, 1.54) is 26.0 Å². The van der Waals surface area contributed by atoms with Gasteiger partial charge in [-0.15, -0.1) is 0 Å². The van der Waals surface area contributed by atoms with E-state index in [0.717, 1.165) is 5.56 Å². The molecule has 2 aromatic rings. The van der Waals surface area contributed by atoms with Gasteiger partial charge in [-0.1, -0.05) is 48.0 Å². The molecule has 0 aliphatic carbocycles. The van der Waals surface area contributed by atoms with Gasteiger partial charge in [0, 0.05) is 17.1 Å². The molecule has 0 aromatic heterocycles. The van der Waals surface area contributed by atoms with E-state index in [-0.39, 0.29) is 18.4 Å². The number of nitrogens with zero attached hydrogens (tertiary/aromatic N) is 1. The number of halogens is 2. The maximum absolute atomic E-state index is 14.3. The second-order valence-electron chi connectivity index (χ2n) is 6.66. The fraction of sp³-hybridized carbons (Fsp3) is 0.250. The summed E-state index contributed by atoms with van der Waals surface area (Å²) in [6, 6.07) is 13.5. The van der Waals surface area contributed by atoms with Crippen LogP contribution >= 0.6 is 11.6 Å². The van der Waals surface area contributed by atoms with Gasteiger partial charge in [0.05, 0.1) is 6.04 Å². The summed E-state index contributed by atoms with van der Waals surface area (Å²) in [5.41, 5.74) is 0.437. The molecular weight excluding hydrogens is 341 g/mol. The van der Waals surface area contributed by atoms with E-state index in [4.69, 9.17) is 11.6 Å². The average molecular weight is 360 g/mol. The number of hydrogen-bond donors (Lipinski definition) is 1. The number of hydrogen-bond acceptors (Lipinski definition) is 2. The van der Waals surface area contributed by atoms with Crippen LogP contribution in [-0.4, -0.2) is 28.1 Å². The smallest absolute Gasteiger partial charge is 0.255 e. The van der Waals surface area contributed by atoms with Crippen LogP contribution in [0.4, 0.5) is 4.39 Å². The van der Waals surface area contributed by atoms with Gasteiger partial charge in [-0.3, -0.25) is 4.79 Å². The van der Waals surface area contributed by atoms with Crippen molar-refractivity contribution < 1.29 is 14.3 Å². The van der Waals surface area contributed by atoms with Crippen LogP contribution in [0.3, 0.4) is 0 Å². The first-order valence-electron chi connectivity index (χ1n) is 8.02. The molecule has 2 aromatic carbocycles. The zero-order valence-corrected chi connectivity index (χ0v) is 14.8. The Morgan fingerprint density at radius 3 is 2.56 bits per heavy atom. The number of rotatable bonds is 3. The summed E-state index contributed by atoms with van der Waals surface area (Å²) in [5.74, 6) is -0.796. The van der Waals surface area contributed by atoms with Crippen LogP contribution in [0.25, 0.3) is 5.57 Å². The summed E-state index contributed by atoms with van der Waals surface area (Å²) in [6.45, 7) is 3.12. The van der Waals surface area contributed by atoms with E-state index in [0.29, 0.717) is 16.2 Å². The Labute approximate surface area is 151 Å². The molecule has 0 spiro atoms. The number of amides is 1. The summed E-state index contributed by atoms with van der Waals surface area (Å²) in [4.78, 5) is 14.3. The van der Waals surface area contributed by atoms with Gasteiger partial charge in [0.25, 0.3) is 5.91 Å². The van der Waals surface area contributed by atoms with Crippen molar-refractivity contribution in [2.75, 3.05) is 6.54 Å². The third-order valence-corrected chi connectivity index (χ3v) is 4.47. The van der Waals surface area contributed by atoms with Crippen LogP contribution in [0.15, 0.2) is 54.6 Å². The summed E-state index contributed by atoms with van der Waals surface area (Å²) in [6.07, 6.45) is 1.85. The lowest BCUT2D eigenvalue weighted by Crippen LogP contribution is -2.45. The topological polar surface area (TPSA) is 40.5 Å². The Morgan fingerprint density at radius 2 is 1.92 bits per heavy atom. The lowest BCUT2D eigenvalue weighted by molar-refractivity contribution is -0.148. The van der Waals surface area contributed by atoms with E-state index >= 15 is 0 Å². The highest BCUT2D eigenvalue weighted by Gasteiger charge is 2.37. The molecule has 0 saturated heterocycles. The van der Waals surface area contributed by atoms with Crippen molar-refractivity contribution in [2.24, 2.45) is 0 Å². The van der Waals surface area contributed by atoms with Gasteiger partial charge < -0.3 is 10.0 Å². The first-order chi connectivity index (χ1) is 11.8. The lowest BCUT2D eigenvalue weighted by atomic mass is 10.0. The molecule has 0 radical (unpaired) electrons. The molecule has 1 amide bonds. The van der Waals surface area contributed by atoms with Crippen LogP contribution in [0, 0.1) is 5.82 Å². The van der Waals surface area contributed by atoms with Crippen molar-refractivity contribution in [2.45, 2.75) is 25.5 Å². The van der Waals surface area contributed by atoms with E-state index < -0.39 is 11.5 Å². The Morgan fingerprint density at radius 1 is 1.24 bits per heavy atom. The number of carbonyl (C=O) groups excluding carboxylic acids is 1. The average Bonchev–Trinajstić information content (AvgIpc) is 3.01. The molecular formula is C20H19ClFNO2. The molecule has 3 nitrogen and oxygen atoms in total. The van der Waals surface area contributed by atoms with Crippen molar-refractivity contribution in [3.8, 4) is 0 Å². The highest BCUT2D eigenvalue weighted by molar-refractivity contribution is 6.30. The van der Waals surface area contributed by atoms with Gasteiger partial charge >= 0.3 is 0 Å². The van der Waals surface area contributed by atoms with E-state index in [1.807, 2.05) is 36.4 Å². The van der Waals surface area contributed by atoms with Crippen LogP contribution in [0.1, 0.15) is 31.0 Å². The second-order valence-corrected chi connectivity index (χ2v) is 7.10. The highest BCUT2D eigenvalue weighted by atomic mass is 35.5. The fourth-order valence-electron chi connectivity index (χ4n) is 3.01. The summed E-state index contributed by atoms with van der Waals surface area (Å²) < 4.78 is 14.3. The standard InChI is InChI=1S/C20H19ClFNO2/c1-20(2,25)19(24)23-12-14(16-11-15(21)8-9-17(16)22)10-18(23)13-6-4-3-5-7-13/h3-11,18,25H,12H2,1-2H3. The molecule has 3 rings (SSSR count). The molecule has 25 heavy (non-hydrogen) atoms. The summed E-state index contributed by atoms with van der Waals surface area (Å²) in [5, 5.41) is 10.6. The van der Waals surface area contributed by atoms with Crippen molar-refractivity contribution in [1.82, 2.24) is 4.90 Å². The second kappa shape index (κ2) is 6.62. The molecule has 0 bridgehead atoms. The molecule has 1 aliphatic heterocycles. The lowest BCUT2D eigenvalue weighted by Gasteiger charge is -2.30. The van der Waals surface area contributed by atoms with Gasteiger partial charge in [0.15, 0.2) is 0 Å². The van der Waals surface area contributed by atoms with Gasteiger partial charge in [-0.2, -0.15) is 0 Å². The van der Waals surface area contributed by atoms with Crippen LogP contribution in [0.5, 0.6) is 0 Å². The molecule has 1 N–H and O–H groups in total. The summed E-state index contributed by atoms with van der Waals surface area (Å²) in [7, 11) is 0. The largest absolute Gasteiger partial charge is 0.381 e. The number of carbonyl (C=O) groups is 1. The maximum Gasteiger partial charge on any atom is 0.255 e. The van der Waals surface area contributed by atoms with Gasteiger partial charge in [0.2, 0.25) is 0 Å². The number of aliphatic hydroxyl groups is 1. The molecule has 130 valence electrons. The normalized spacial score (nSPS) is 17.6. The van der Waals surface area contributed by atoms with Crippen LogP contribution in [-0.2, 0) is 4.79 Å². The van der Waals surface area contributed by atoms with Gasteiger partial charge in [-0.25, -0.2) is 4.39 Å². The zero-order valence-electron chi connectivity index (χ0n) is 14.0. The Kier molecular flexibility index (Phi) is 4.67. The van der Waals surface area contributed by atoms with Crippen molar-refractivity contribution >= 4 is 23.1 Å². The monoisotopic (exact) mass is 359 g/mol. The minimum atomic E-state index is -1.51. The minimum absolute atomic E-state index is 0.208. The van der Waals surface area contributed by atoms with E-state index in [1.54, 1.807) is 11.0 Å². The van der Waals surface area contributed by atoms with Crippen LogP contribution in [0.2, 0.25) is 5.02 Å². The van der Waals surface area contributed by atoms with E-state index in [9.17, 15) is 14.3 Å². The highest BCUT2D eigenvalue weighted by Crippen LogP contribution is 2.37. The molecule has 1 unspecified atom stereocenters. The van der Waals surface area contributed by atoms with Gasteiger partial charge in [-0.05, 0) is 43.2 Å². The Bertz CT molecular complexity index is 827. The molecule has 0 fully saturated rings. The van der Waals surface area contributed by atoms with Gasteiger partial charge in [0.1, 0.15) is 11.4 Å². The summed E-state index contributed by atoms with van der Waals surface area (Å²) >= 11 is 6.01. The molecule has 1 heterocycles. The third kappa shape index (κ3) is 3.60. The maximum atomic E-state index is 14.3. The Balaban J connectivity index is 2.05. The third-order valence-electron chi connectivity index (χ3n) is 4.24. The predicted octanol–water partition coefficient (Wildman–Crippen LogP) is 4.22. The van der Waals surface area contributed by atoms with Crippen molar-refractivity contribution in [3.05, 3.63) is 76.6 Å². The molecule has 5 heteroatoms. The number of benzene rings is 2. The molecule has 1 atom stereocenters. The van der Waals surface area contributed by atoms with Crippen LogP contribution < -0.4 is 0 Å². The zero-order chi connectivity index (χ0) is 18.2. The first-order valence-corrected chi connectivity index (χ1v) is 8.39. The predicted molar refractivity (Wildman–Crippen MR) is 96.6 cm³/mol. The quantitative estimate of drug-likeness (QED) is 0.891. The SMILES string of the molecule is CC(C)(O)C(=O)N1CC(c2cc(Cl)ccc2F)=CC1c1ccccc1. The van der Waals surface area contributed by atoms with Crippen molar-refractivity contribution in [3.63, 3.8) is 0 Å². The molecule has 0 saturated carbocycles. The van der Waals surface area contributed by atoms with Crippen molar-refractivity contribution in [1.29, 1.82) is 0 Å². The van der Waals surface area contributed by atoms with E-state index in [2.05, 4.69) is 0 Å². The fourth-order valence-corrected chi connectivity index (χ4v) is 3.18. The first kappa shape index (κ1) is 17.6. The molecule has 1 aliphatic rings. The Hall–Kier alpha value is -2.17. The minimum Gasteiger partial charge on any atom is -0.381 e.